The van der Waals surface area contributed by atoms with Crippen LogP contribution in [0.15, 0.2) is 35.2 Å². The maximum absolute atomic E-state index is 11.9. The summed E-state index contributed by atoms with van der Waals surface area (Å²) in [6.07, 6.45) is 2.10. The van der Waals surface area contributed by atoms with E-state index in [0.717, 1.165) is 30.0 Å². The highest BCUT2D eigenvalue weighted by molar-refractivity contribution is 7.85. The highest BCUT2D eigenvalue weighted by Crippen LogP contribution is 2.07. The minimum absolute atomic E-state index is 0.451. The van der Waals surface area contributed by atoms with E-state index in [4.69, 9.17) is 0 Å². The molecule has 0 bridgehead atoms. The minimum Gasteiger partial charge on any atom is -0.314 e. The Morgan fingerprint density at radius 3 is 2.62 bits per heavy atom. The van der Waals surface area contributed by atoms with Crippen molar-refractivity contribution in [1.29, 1.82) is 0 Å². The third-order valence-corrected chi connectivity index (χ3v) is 3.89. The predicted molar refractivity (Wildman–Crippen MR) is 70.1 cm³/mol. The second-order valence-corrected chi connectivity index (χ2v) is 5.58. The first kappa shape index (κ1) is 13.4. The SMILES string of the molecule is CCCNC(C)CCS(=O)c1ccccc1. The van der Waals surface area contributed by atoms with Crippen molar-refractivity contribution >= 4 is 10.8 Å². The zero-order chi connectivity index (χ0) is 11.8. The van der Waals surface area contributed by atoms with Crippen molar-refractivity contribution in [1.82, 2.24) is 5.32 Å². The molecule has 0 radical (unpaired) electrons. The monoisotopic (exact) mass is 239 g/mol. The Morgan fingerprint density at radius 1 is 1.31 bits per heavy atom. The lowest BCUT2D eigenvalue weighted by molar-refractivity contribution is 0.533. The summed E-state index contributed by atoms with van der Waals surface area (Å²) >= 11 is 0. The Labute approximate surface area is 101 Å². The lowest BCUT2D eigenvalue weighted by Gasteiger charge is -2.12. The van der Waals surface area contributed by atoms with Gasteiger partial charge in [0.05, 0.1) is 10.8 Å². The Bertz CT molecular complexity index is 313. The molecule has 1 rings (SSSR count). The zero-order valence-electron chi connectivity index (χ0n) is 10.1. The van der Waals surface area contributed by atoms with Gasteiger partial charge in [0, 0.05) is 16.7 Å². The summed E-state index contributed by atoms with van der Waals surface area (Å²) in [6, 6.07) is 10.1. The minimum atomic E-state index is -0.850. The number of benzene rings is 1. The molecular weight excluding hydrogens is 218 g/mol. The van der Waals surface area contributed by atoms with Crippen molar-refractivity contribution in [3.63, 3.8) is 0 Å². The standard InChI is InChI=1S/C13H21NOS/c1-3-10-14-12(2)9-11-16(15)13-7-5-4-6-8-13/h4-8,12,14H,3,9-11H2,1-2H3. The molecule has 0 fully saturated rings. The quantitative estimate of drug-likeness (QED) is 0.792. The average Bonchev–Trinajstić information content (AvgIpc) is 2.34. The lowest BCUT2D eigenvalue weighted by atomic mass is 10.2. The van der Waals surface area contributed by atoms with Crippen molar-refractivity contribution in [3.8, 4) is 0 Å². The molecule has 2 atom stereocenters. The van der Waals surface area contributed by atoms with E-state index in [0.29, 0.717) is 6.04 Å². The van der Waals surface area contributed by atoms with Crippen molar-refractivity contribution < 1.29 is 4.21 Å². The summed E-state index contributed by atoms with van der Waals surface area (Å²) in [7, 11) is -0.850. The van der Waals surface area contributed by atoms with Gasteiger partial charge in [0.2, 0.25) is 0 Å². The summed E-state index contributed by atoms with van der Waals surface area (Å²) in [5.74, 6) is 0.738. The first-order valence-electron chi connectivity index (χ1n) is 5.91. The summed E-state index contributed by atoms with van der Waals surface area (Å²) in [5.41, 5.74) is 0. The normalized spacial score (nSPS) is 14.6. The molecule has 0 aliphatic heterocycles. The van der Waals surface area contributed by atoms with Gasteiger partial charge < -0.3 is 5.32 Å². The van der Waals surface area contributed by atoms with E-state index in [2.05, 4.69) is 19.2 Å². The summed E-state index contributed by atoms with van der Waals surface area (Å²) in [5, 5.41) is 3.40. The molecule has 0 saturated carbocycles. The van der Waals surface area contributed by atoms with Gasteiger partial charge in [-0.05, 0) is 38.4 Å². The summed E-state index contributed by atoms with van der Waals surface area (Å²) in [6.45, 7) is 5.35. The van der Waals surface area contributed by atoms with E-state index in [1.165, 1.54) is 0 Å². The van der Waals surface area contributed by atoms with Crippen LogP contribution in [0, 0.1) is 0 Å². The Morgan fingerprint density at radius 2 is 2.00 bits per heavy atom. The molecule has 0 spiro atoms. The molecule has 2 unspecified atom stereocenters. The van der Waals surface area contributed by atoms with Crippen LogP contribution in [0.25, 0.3) is 0 Å². The largest absolute Gasteiger partial charge is 0.314 e. The molecule has 1 aromatic rings. The van der Waals surface area contributed by atoms with Gasteiger partial charge in [-0.3, -0.25) is 4.21 Å². The molecule has 2 nitrogen and oxygen atoms in total. The Hall–Kier alpha value is -0.670. The van der Waals surface area contributed by atoms with Crippen LogP contribution in [0.5, 0.6) is 0 Å². The van der Waals surface area contributed by atoms with E-state index >= 15 is 0 Å². The highest BCUT2D eigenvalue weighted by atomic mass is 32.2. The fraction of sp³-hybridized carbons (Fsp3) is 0.538. The third kappa shape index (κ3) is 4.90. The van der Waals surface area contributed by atoms with Crippen molar-refractivity contribution in [2.24, 2.45) is 0 Å². The van der Waals surface area contributed by atoms with Crippen LogP contribution < -0.4 is 5.32 Å². The molecule has 0 saturated heterocycles. The van der Waals surface area contributed by atoms with Crippen LogP contribution >= 0.6 is 0 Å². The van der Waals surface area contributed by atoms with Gasteiger partial charge in [-0.1, -0.05) is 25.1 Å². The number of rotatable bonds is 7. The fourth-order valence-electron chi connectivity index (χ4n) is 1.47. The second kappa shape index (κ2) is 7.58. The molecule has 0 heterocycles. The van der Waals surface area contributed by atoms with Crippen LogP contribution in [0.2, 0.25) is 0 Å². The molecule has 90 valence electrons. The molecule has 0 aliphatic rings. The maximum Gasteiger partial charge on any atom is 0.0530 e. The molecule has 0 aromatic heterocycles. The predicted octanol–water partition coefficient (Wildman–Crippen LogP) is 2.57. The first-order valence-corrected chi connectivity index (χ1v) is 7.22. The zero-order valence-corrected chi connectivity index (χ0v) is 10.9. The lowest BCUT2D eigenvalue weighted by Crippen LogP contribution is -2.28. The van der Waals surface area contributed by atoms with Gasteiger partial charge in [-0.2, -0.15) is 0 Å². The van der Waals surface area contributed by atoms with Gasteiger partial charge in [-0.25, -0.2) is 0 Å². The van der Waals surface area contributed by atoms with Crippen LogP contribution in [0.1, 0.15) is 26.7 Å². The third-order valence-electron chi connectivity index (χ3n) is 2.49. The van der Waals surface area contributed by atoms with Gasteiger partial charge in [0.25, 0.3) is 0 Å². The van der Waals surface area contributed by atoms with Crippen LogP contribution in [-0.4, -0.2) is 22.5 Å². The Balaban J connectivity index is 2.30. The maximum atomic E-state index is 11.9. The van der Waals surface area contributed by atoms with Crippen LogP contribution in [0.3, 0.4) is 0 Å². The highest BCUT2D eigenvalue weighted by Gasteiger charge is 2.06. The molecule has 1 aromatic carbocycles. The van der Waals surface area contributed by atoms with Crippen LogP contribution in [0.4, 0.5) is 0 Å². The molecule has 16 heavy (non-hydrogen) atoms. The van der Waals surface area contributed by atoms with Gasteiger partial charge in [-0.15, -0.1) is 0 Å². The molecule has 0 aliphatic carbocycles. The van der Waals surface area contributed by atoms with E-state index in [9.17, 15) is 4.21 Å². The average molecular weight is 239 g/mol. The molecule has 0 amide bonds. The molecule has 1 N–H and O–H groups in total. The van der Waals surface area contributed by atoms with Gasteiger partial charge >= 0.3 is 0 Å². The first-order chi connectivity index (χ1) is 7.74. The van der Waals surface area contributed by atoms with E-state index in [-0.39, 0.29) is 0 Å². The number of hydrogen-bond donors (Lipinski definition) is 1. The van der Waals surface area contributed by atoms with E-state index in [1.54, 1.807) is 0 Å². The fourth-order valence-corrected chi connectivity index (χ4v) is 2.73. The number of hydrogen-bond acceptors (Lipinski definition) is 2. The topological polar surface area (TPSA) is 29.1 Å². The van der Waals surface area contributed by atoms with E-state index < -0.39 is 10.8 Å². The summed E-state index contributed by atoms with van der Waals surface area (Å²) in [4.78, 5) is 0.935. The molecular formula is C13H21NOS. The smallest absolute Gasteiger partial charge is 0.0530 e. The van der Waals surface area contributed by atoms with E-state index in [1.807, 2.05) is 30.3 Å². The molecule has 3 heteroatoms. The number of nitrogens with one attached hydrogen (secondary N) is 1. The van der Waals surface area contributed by atoms with Crippen molar-refractivity contribution in [2.45, 2.75) is 37.6 Å². The van der Waals surface area contributed by atoms with Gasteiger partial charge in [0.15, 0.2) is 0 Å². The summed E-state index contributed by atoms with van der Waals surface area (Å²) < 4.78 is 11.9. The second-order valence-electron chi connectivity index (χ2n) is 4.01. The van der Waals surface area contributed by atoms with Gasteiger partial charge in [0.1, 0.15) is 0 Å². The van der Waals surface area contributed by atoms with Crippen molar-refractivity contribution in [2.75, 3.05) is 12.3 Å². The Kier molecular flexibility index (Phi) is 6.34. The van der Waals surface area contributed by atoms with Crippen LogP contribution in [-0.2, 0) is 10.8 Å². The van der Waals surface area contributed by atoms with Crippen molar-refractivity contribution in [3.05, 3.63) is 30.3 Å².